The molecule has 0 bridgehead atoms. The first kappa shape index (κ1) is 19.5. The van der Waals surface area contributed by atoms with Crippen molar-refractivity contribution in [1.29, 1.82) is 0 Å². The summed E-state index contributed by atoms with van der Waals surface area (Å²) in [5.41, 5.74) is 3.07. The maximum atomic E-state index is 12.0. The first-order valence-corrected chi connectivity index (χ1v) is 9.28. The Balaban J connectivity index is 1.54. The highest BCUT2D eigenvalue weighted by Crippen LogP contribution is 2.29. The highest BCUT2D eigenvalue weighted by Gasteiger charge is 2.09. The topological polar surface area (TPSA) is 44.8 Å². The van der Waals surface area contributed by atoms with Crippen LogP contribution in [0.1, 0.15) is 23.1 Å². The predicted molar refractivity (Wildman–Crippen MR) is 108 cm³/mol. The van der Waals surface area contributed by atoms with Gasteiger partial charge in [-0.15, -0.1) is 0 Å². The van der Waals surface area contributed by atoms with E-state index in [4.69, 9.17) is 14.2 Å². The second-order valence-electron chi connectivity index (χ2n) is 6.41. The van der Waals surface area contributed by atoms with Crippen LogP contribution in [0, 0.1) is 0 Å². The highest BCUT2D eigenvalue weighted by molar-refractivity contribution is 5.69. The minimum Gasteiger partial charge on any atom is -0.493 e. The molecule has 3 aromatic rings. The van der Waals surface area contributed by atoms with Crippen LogP contribution in [0.5, 0.6) is 11.5 Å². The minimum atomic E-state index is -0.216. The average molecular weight is 376 g/mol. The summed E-state index contributed by atoms with van der Waals surface area (Å²) in [4.78, 5) is 12.0. The molecule has 0 spiro atoms. The van der Waals surface area contributed by atoms with Crippen molar-refractivity contribution in [2.45, 2.75) is 26.1 Å². The molecule has 144 valence electrons. The first-order chi connectivity index (χ1) is 13.7. The Hall–Kier alpha value is -3.27. The Morgan fingerprint density at radius 1 is 0.750 bits per heavy atom. The molecule has 0 radical (unpaired) electrons. The Bertz CT molecular complexity index is 876. The van der Waals surface area contributed by atoms with E-state index < -0.39 is 0 Å². The van der Waals surface area contributed by atoms with Crippen LogP contribution in [0.3, 0.4) is 0 Å². The Labute approximate surface area is 165 Å². The SMILES string of the molecule is COc1ccc(CCC(=O)OCc2ccccc2)cc1OCc1ccccc1. The van der Waals surface area contributed by atoms with Crippen molar-refractivity contribution in [3.8, 4) is 11.5 Å². The first-order valence-electron chi connectivity index (χ1n) is 9.28. The van der Waals surface area contributed by atoms with Crippen LogP contribution in [-0.4, -0.2) is 13.1 Å². The molecule has 0 aromatic heterocycles. The number of carbonyl (C=O) groups excluding carboxylic acids is 1. The number of benzene rings is 3. The van der Waals surface area contributed by atoms with Gasteiger partial charge in [0.1, 0.15) is 13.2 Å². The van der Waals surface area contributed by atoms with Gasteiger partial charge in [-0.05, 0) is 35.2 Å². The molecule has 0 atom stereocenters. The van der Waals surface area contributed by atoms with Crippen LogP contribution in [0.15, 0.2) is 78.9 Å². The van der Waals surface area contributed by atoms with Gasteiger partial charge in [0.05, 0.1) is 7.11 Å². The third-order valence-electron chi connectivity index (χ3n) is 4.33. The van der Waals surface area contributed by atoms with E-state index in [1.54, 1.807) is 7.11 Å². The summed E-state index contributed by atoms with van der Waals surface area (Å²) in [6.07, 6.45) is 0.899. The number of ether oxygens (including phenoxy) is 3. The Morgan fingerprint density at radius 2 is 1.39 bits per heavy atom. The summed E-state index contributed by atoms with van der Waals surface area (Å²) < 4.78 is 16.6. The molecule has 0 aliphatic rings. The lowest BCUT2D eigenvalue weighted by molar-refractivity contribution is -0.144. The van der Waals surface area contributed by atoms with Crippen LogP contribution >= 0.6 is 0 Å². The Morgan fingerprint density at radius 3 is 2.04 bits per heavy atom. The number of rotatable bonds is 9. The van der Waals surface area contributed by atoms with Gasteiger partial charge in [-0.25, -0.2) is 0 Å². The molecule has 0 amide bonds. The van der Waals surface area contributed by atoms with Gasteiger partial charge < -0.3 is 14.2 Å². The summed E-state index contributed by atoms with van der Waals surface area (Å²) in [7, 11) is 1.62. The third-order valence-corrected chi connectivity index (χ3v) is 4.33. The molecule has 0 unspecified atom stereocenters. The smallest absolute Gasteiger partial charge is 0.306 e. The molecular weight excluding hydrogens is 352 g/mol. The van der Waals surface area contributed by atoms with Crippen molar-refractivity contribution < 1.29 is 19.0 Å². The molecule has 0 heterocycles. The van der Waals surface area contributed by atoms with Crippen molar-refractivity contribution in [3.05, 3.63) is 95.6 Å². The molecule has 0 saturated heterocycles. The van der Waals surface area contributed by atoms with Crippen molar-refractivity contribution in [1.82, 2.24) is 0 Å². The molecule has 4 nitrogen and oxygen atoms in total. The maximum absolute atomic E-state index is 12.0. The Kier molecular flexibility index (Phi) is 7.08. The highest BCUT2D eigenvalue weighted by atomic mass is 16.5. The predicted octanol–water partition coefficient (Wildman–Crippen LogP) is 4.95. The second kappa shape index (κ2) is 10.2. The van der Waals surface area contributed by atoms with E-state index in [1.807, 2.05) is 78.9 Å². The molecule has 28 heavy (non-hydrogen) atoms. The van der Waals surface area contributed by atoms with Crippen molar-refractivity contribution in [2.24, 2.45) is 0 Å². The van der Waals surface area contributed by atoms with E-state index in [0.29, 0.717) is 37.6 Å². The van der Waals surface area contributed by atoms with E-state index >= 15 is 0 Å². The number of carbonyl (C=O) groups is 1. The van der Waals surface area contributed by atoms with Crippen LogP contribution in [0.25, 0.3) is 0 Å². The number of hydrogen-bond donors (Lipinski definition) is 0. The summed E-state index contributed by atoms with van der Waals surface area (Å²) in [5, 5.41) is 0. The van der Waals surface area contributed by atoms with Gasteiger partial charge >= 0.3 is 5.97 Å². The number of hydrogen-bond acceptors (Lipinski definition) is 4. The number of esters is 1. The molecule has 0 aliphatic heterocycles. The van der Waals surface area contributed by atoms with Crippen LogP contribution in [0.4, 0.5) is 0 Å². The van der Waals surface area contributed by atoms with E-state index in [-0.39, 0.29) is 5.97 Å². The van der Waals surface area contributed by atoms with Gasteiger partial charge in [0, 0.05) is 6.42 Å². The van der Waals surface area contributed by atoms with E-state index in [1.165, 1.54) is 0 Å². The molecule has 0 saturated carbocycles. The number of methoxy groups -OCH3 is 1. The fourth-order valence-electron chi connectivity index (χ4n) is 2.78. The van der Waals surface area contributed by atoms with E-state index in [2.05, 4.69) is 0 Å². The summed E-state index contributed by atoms with van der Waals surface area (Å²) in [5.74, 6) is 1.12. The van der Waals surface area contributed by atoms with E-state index in [9.17, 15) is 4.79 Å². The van der Waals surface area contributed by atoms with Gasteiger partial charge in [-0.1, -0.05) is 66.7 Å². The zero-order chi connectivity index (χ0) is 19.6. The van der Waals surface area contributed by atoms with Gasteiger partial charge in [0.15, 0.2) is 11.5 Å². The lowest BCUT2D eigenvalue weighted by Gasteiger charge is -2.12. The molecular formula is C24H24O4. The van der Waals surface area contributed by atoms with Gasteiger partial charge in [0.25, 0.3) is 0 Å². The lowest BCUT2D eigenvalue weighted by atomic mass is 10.1. The zero-order valence-corrected chi connectivity index (χ0v) is 16.0. The van der Waals surface area contributed by atoms with Gasteiger partial charge in [0.2, 0.25) is 0 Å². The maximum Gasteiger partial charge on any atom is 0.306 e. The normalized spacial score (nSPS) is 10.3. The monoisotopic (exact) mass is 376 g/mol. The van der Waals surface area contributed by atoms with Crippen molar-refractivity contribution in [2.75, 3.05) is 7.11 Å². The van der Waals surface area contributed by atoms with Gasteiger partial charge in [-0.2, -0.15) is 0 Å². The molecule has 0 aliphatic carbocycles. The van der Waals surface area contributed by atoms with Crippen molar-refractivity contribution >= 4 is 5.97 Å². The molecule has 3 rings (SSSR count). The molecule has 3 aromatic carbocycles. The zero-order valence-electron chi connectivity index (χ0n) is 16.0. The summed E-state index contributed by atoms with van der Waals surface area (Å²) >= 11 is 0. The van der Waals surface area contributed by atoms with Crippen LogP contribution in [-0.2, 0) is 29.2 Å². The second-order valence-corrected chi connectivity index (χ2v) is 6.41. The van der Waals surface area contributed by atoms with Gasteiger partial charge in [-0.3, -0.25) is 4.79 Å². The largest absolute Gasteiger partial charge is 0.493 e. The average Bonchev–Trinajstić information content (AvgIpc) is 2.76. The lowest BCUT2D eigenvalue weighted by Crippen LogP contribution is -2.06. The summed E-state index contributed by atoms with van der Waals surface area (Å²) in [6, 6.07) is 25.4. The molecule has 4 heteroatoms. The minimum absolute atomic E-state index is 0.216. The third kappa shape index (κ3) is 5.88. The molecule has 0 N–H and O–H groups in total. The standard InChI is InChI=1S/C24H24O4/c1-26-22-14-12-19(16-23(22)27-17-20-8-4-2-5-9-20)13-15-24(25)28-18-21-10-6-3-7-11-21/h2-12,14,16H,13,15,17-18H2,1H3. The summed E-state index contributed by atoms with van der Waals surface area (Å²) in [6.45, 7) is 0.757. The number of aryl methyl sites for hydroxylation is 1. The van der Waals surface area contributed by atoms with Crippen LogP contribution in [0.2, 0.25) is 0 Å². The fourth-order valence-corrected chi connectivity index (χ4v) is 2.78. The van der Waals surface area contributed by atoms with Crippen LogP contribution < -0.4 is 9.47 Å². The van der Waals surface area contributed by atoms with Crippen molar-refractivity contribution in [3.63, 3.8) is 0 Å². The quantitative estimate of drug-likeness (QED) is 0.496. The van der Waals surface area contributed by atoms with E-state index in [0.717, 1.165) is 16.7 Å². The molecule has 0 fully saturated rings. The fraction of sp³-hybridized carbons (Fsp3) is 0.208.